The van der Waals surface area contributed by atoms with Gasteiger partial charge in [0.1, 0.15) is 17.5 Å². The van der Waals surface area contributed by atoms with E-state index in [0.29, 0.717) is 36.6 Å². The van der Waals surface area contributed by atoms with Crippen LogP contribution in [0.2, 0.25) is 0 Å². The molecule has 0 aromatic heterocycles. The van der Waals surface area contributed by atoms with Crippen LogP contribution in [0.1, 0.15) is 17.5 Å². The molecule has 0 atom stereocenters. The third-order valence-corrected chi connectivity index (χ3v) is 6.56. The predicted molar refractivity (Wildman–Crippen MR) is 136 cm³/mol. The second kappa shape index (κ2) is 10.5. The number of alkyl halides is 2. The molecule has 0 unspecified atom stereocenters. The molecule has 0 fully saturated rings. The molecule has 0 saturated heterocycles. The van der Waals surface area contributed by atoms with Gasteiger partial charge in [0, 0.05) is 10.9 Å². The Bertz CT molecular complexity index is 1850. The summed E-state index contributed by atoms with van der Waals surface area (Å²) in [5.74, 6) is -11.3. The average molecular weight is 576 g/mol. The molecular weight excluding hydrogens is 559 g/mol. The average Bonchev–Trinajstić information content (AvgIpc) is 2.91. The first-order chi connectivity index (χ1) is 19.4. The van der Waals surface area contributed by atoms with E-state index in [9.17, 15) is 30.7 Å². The lowest BCUT2D eigenvalue weighted by molar-refractivity contribution is -0.188. The molecule has 5 rings (SSSR count). The Morgan fingerprint density at radius 1 is 0.683 bits per heavy atom. The molecule has 0 aliphatic heterocycles. The van der Waals surface area contributed by atoms with Crippen molar-refractivity contribution in [2.24, 2.45) is 0 Å². The zero-order chi connectivity index (χ0) is 29.6. The Morgan fingerprint density at radius 2 is 1.44 bits per heavy atom. The first-order valence-corrected chi connectivity index (χ1v) is 12.1. The summed E-state index contributed by atoms with van der Waals surface area (Å²) >= 11 is 0. The molecule has 1 nitrogen and oxygen atoms in total. The van der Waals surface area contributed by atoms with Crippen LogP contribution in [0.4, 0.5) is 39.5 Å². The summed E-state index contributed by atoms with van der Waals surface area (Å²) in [4.78, 5) is 0. The molecule has 5 aromatic rings. The van der Waals surface area contributed by atoms with Crippen LogP contribution in [-0.4, -0.2) is 0 Å². The number of benzene rings is 5. The molecule has 0 spiro atoms. The monoisotopic (exact) mass is 576 g/mol. The van der Waals surface area contributed by atoms with Crippen molar-refractivity contribution in [2.75, 3.05) is 0 Å². The van der Waals surface area contributed by atoms with Crippen molar-refractivity contribution < 1.29 is 44.3 Å². The Labute approximate surface area is 227 Å². The SMILES string of the molecule is C=CCCc1ccc(C(F)(F)Oc2ccc3cc(-c4cc(F)c5c(F)c(F)c(F)cc5c4)c(F)cc3c2F)c(F)c1. The molecule has 10 heteroatoms. The second-order valence-electron chi connectivity index (χ2n) is 9.23. The van der Waals surface area contributed by atoms with Crippen LogP contribution in [0.15, 0.2) is 73.3 Å². The Morgan fingerprint density at radius 3 is 2.15 bits per heavy atom. The van der Waals surface area contributed by atoms with Gasteiger partial charge < -0.3 is 4.74 Å². The van der Waals surface area contributed by atoms with Gasteiger partial charge in [-0.15, -0.1) is 6.58 Å². The summed E-state index contributed by atoms with van der Waals surface area (Å²) in [5.41, 5.74) is -1.22. The van der Waals surface area contributed by atoms with Gasteiger partial charge in [-0.25, -0.2) is 30.7 Å². The fourth-order valence-corrected chi connectivity index (χ4v) is 4.54. The van der Waals surface area contributed by atoms with Gasteiger partial charge in [0.2, 0.25) is 0 Å². The number of hydrogen-bond donors (Lipinski definition) is 0. The molecule has 5 aromatic carbocycles. The van der Waals surface area contributed by atoms with E-state index in [-0.39, 0.29) is 16.5 Å². The number of allylic oxidation sites excluding steroid dienone is 1. The fraction of sp³-hybridized carbons (Fsp3) is 0.0968. The third kappa shape index (κ3) is 5.10. The molecule has 0 radical (unpaired) electrons. The van der Waals surface area contributed by atoms with E-state index in [1.54, 1.807) is 6.08 Å². The predicted octanol–water partition coefficient (Wildman–Crippen LogP) is 9.88. The normalized spacial score (nSPS) is 11.8. The van der Waals surface area contributed by atoms with Gasteiger partial charge in [0.25, 0.3) is 0 Å². The lowest BCUT2D eigenvalue weighted by Crippen LogP contribution is -2.24. The lowest BCUT2D eigenvalue weighted by atomic mass is 9.97. The number of hydrogen-bond acceptors (Lipinski definition) is 1. The van der Waals surface area contributed by atoms with Gasteiger partial charge in [-0.3, -0.25) is 0 Å². The maximum atomic E-state index is 15.2. The topological polar surface area (TPSA) is 9.23 Å². The van der Waals surface area contributed by atoms with Crippen LogP contribution in [0, 0.1) is 40.7 Å². The molecule has 0 bridgehead atoms. The Balaban J connectivity index is 1.52. The zero-order valence-electron chi connectivity index (χ0n) is 20.8. The van der Waals surface area contributed by atoms with Crippen LogP contribution in [0.25, 0.3) is 32.7 Å². The van der Waals surface area contributed by atoms with Gasteiger partial charge in [0.15, 0.2) is 29.0 Å². The molecule has 210 valence electrons. The van der Waals surface area contributed by atoms with Crippen molar-refractivity contribution in [3.05, 3.63) is 125 Å². The van der Waals surface area contributed by atoms with Crippen molar-refractivity contribution in [1.82, 2.24) is 0 Å². The maximum absolute atomic E-state index is 15.2. The molecule has 0 saturated carbocycles. The molecule has 0 heterocycles. The molecule has 0 aliphatic rings. The zero-order valence-corrected chi connectivity index (χ0v) is 20.8. The highest BCUT2D eigenvalue weighted by Gasteiger charge is 2.38. The third-order valence-electron chi connectivity index (χ3n) is 6.56. The van der Waals surface area contributed by atoms with Crippen LogP contribution in [-0.2, 0) is 12.5 Å². The highest BCUT2D eigenvalue weighted by Crippen LogP contribution is 2.39. The van der Waals surface area contributed by atoms with Gasteiger partial charge in [-0.1, -0.05) is 18.2 Å². The van der Waals surface area contributed by atoms with E-state index in [4.69, 9.17) is 0 Å². The minimum absolute atomic E-state index is 0.0238. The van der Waals surface area contributed by atoms with Crippen LogP contribution in [0.3, 0.4) is 0 Å². The minimum atomic E-state index is -4.29. The number of rotatable bonds is 7. The molecule has 0 N–H and O–H groups in total. The van der Waals surface area contributed by atoms with Crippen molar-refractivity contribution >= 4 is 21.5 Å². The molecular formula is C31H17F9O. The van der Waals surface area contributed by atoms with Crippen LogP contribution < -0.4 is 4.74 Å². The van der Waals surface area contributed by atoms with Crippen molar-refractivity contribution in [3.63, 3.8) is 0 Å². The standard InChI is InChI=1S/C31H17F9O/c1-2-3-4-15-5-7-21(23(33)9-15)31(39,40)41-26-8-6-16-11-19(22(32)14-20(16)28(26)36)17-10-18-13-25(35)29(37)30(38)27(18)24(34)12-17/h2,5-14H,1,3-4H2. The van der Waals surface area contributed by atoms with Crippen LogP contribution in [0.5, 0.6) is 5.75 Å². The number of aryl methyl sites for hydroxylation is 1. The quantitative estimate of drug-likeness (QED) is 0.106. The number of halogens is 9. The van der Waals surface area contributed by atoms with Gasteiger partial charge in [-0.2, -0.15) is 8.78 Å². The van der Waals surface area contributed by atoms with E-state index in [1.165, 1.54) is 6.07 Å². The summed E-state index contributed by atoms with van der Waals surface area (Å²) in [6.07, 6.45) is -1.83. The Kier molecular flexibility index (Phi) is 7.19. The van der Waals surface area contributed by atoms with E-state index in [1.807, 2.05) is 0 Å². The van der Waals surface area contributed by atoms with Gasteiger partial charge in [0.05, 0.1) is 10.9 Å². The van der Waals surface area contributed by atoms with Crippen molar-refractivity contribution in [2.45, 2.75) is 19.0 Å². The molecule has 41 heavy (non-hydrogen) atoms. The first kappa shape index (κ1) is 28.1. The van der Waals surface area contributed by atoms with Gasteiger partial charge in [-0.05, 0) is 83.3 Å². The van der Waals surface area contributed by atoms with E-state index < -0.39 is 74.3 Å². The van der Waals surface area contributed by atoms with Crippen LogP contribution >= 0.6 is 0 Å². The fourth-order valence-electron chi connectivity index (χ4n) is 4.54. The lowest BCUT2D eigenvalue weighted by Gasteiger charge is -2.20. The summed E-state index contributed by atoms with van der Waals surface area (Å²) in [7, 11) is 0. The molecule has 0 amide bonds. The minimum Gasteiger partial charge on any atom is -0.426 e. The van der Waals surface area contributed by atoms with Crippen molar-refractivity contribution in [3.8, 4) is 16.9 Å². The van der Waals surface area contributed by atoms with E-state index in [0.717, 1.165) is 36.4 Å². The molecule has 0 aliphatic carbocycles. The highest BCUT2D eigenvalue weighted by molar-refractivity contribution is 5.93. The number of fused-ring (bicyclic) bond motifs is 2. The van der Waals surface area contributed by atoms with Gasteiger partial charge >= 0.3 is 6.11 Å². The maximum Gasteiger partial charge on any atom is 0.429 e. The summed E-state index contributed by atoms with van der Waals surface area (Å²) < 4.78 is 135. The second-order valence-corrected chi connectivity index (χ2v) is 9.23. The number of ether oxygens (including phenoxy) is 1. The smallest absolute Gasteiger partial charge is 0.426 e. The van der Waals surface area contributed by atoms with Crippen molar-refractivity contribution in [1.29, 1.82) is 0 Å². The largest absolute Gasteiger partial charge is 0.429 e. The Hall–Kier alpha value is -4.47. The summed E-state index contributed by atoms with van der Waals surface area (Å²) in [5, 5.41) is -1.75. The van der Waals surface area contributed by atoms with E-state index in [2.05, 4.69) is 11.3 Å². The first-order valence-electron chi connectivity index (χ1n) is 12.1. The summed E-state index contributed by atoms with van der Waals surface area (Å²) in [6.45, 7) is 3.54. The highest BCUT2D eigenvalue weighted by atomic mass is 19.3. The summed E-state index contributed by atoms with van der Waals surface area (Å²) in [6, 6.07) is 8.93. The van der Waals surface area contributed by atoms with E-state index >= 15 is 8.78 Å².